The second-order valence-corrected chi connectivity index (χ2v) is 5.22. The maximum atomic E-state index is 5.28. The summed E-state index contributed by atoms with van der Waals surface area (Å²) in [5, 5.41) is 3.66. The fourth-order valence-electron chi connectivity index (χ4n) is 2.25. The number of hydrogen-bond donors (Lipinski definition) is 1. The predicted octanol–water partition coefficient (Wildman–Crippen LogP) is 3.79. The van der Waals surface area contributed by atoms with Gasteiger partial charge in [0, 0.05) is 12.1 Å². The van der Waals surface area contributed by atoms with E-state index in [4.69, 9.17) is 4.74 Å². The van der Waals surface area contributed by atoms with Gasteiger partial charge in [0.2, 0.25) is 0 Å². The highest BCUT2D eigenvalue weighted by atomic mass is 16.5. The van der Waals surface area contributed by atoms with Crippen molar-refractivity contribution in [1.29, 1.82) is 0 Å². The normalized spacial score (nSPS) is 12.7. The molecule has 0 heterocycles. The van der Waals surface area contributed by atoms with E-state index < -0.39 is 0 Å². The summed E-state index contributed by atoms with van der Waals surface area (Å²) >= 11 is 0. The molecule has 0 aliphatic carbocycles. The number of unbranched alkanes of at least 4 members (excludes halogenated alkanes) is 1. The average Bonchev–Trinajstić information content (AvgIpc) is 2.35. The van der Waals surface area contributed by atoms with Crippen LogP contribution in [0.3, 0.4) is 0 Å². The van der Waals surface area contributed by atoms with Crippen LogP contribution >= 0.6 is 0 Å². The molecule has 0 bridgehead atoms. The minimum absolute atomic E-state index is 0.539. The van der Waals surface area contributed by atoms with Crippen molar-refractivity contribution in [2.24, 2.45) is 0 Å². The van der Waals surface area contributed by atoms with E-state index in [0.29, 0.717) is 12.1 Å². The lowest BCUT2D eigenvalue weighted by molar-refractivity contribution is 0.410. The zero-order valence-corrected chi connectivity index (χ0v) is 12.2. The summed E-state index contributed by atoms with van der Waals surface area (Å²) < 4.78 is 5.28. The molecular formula is C16H27NO. The molecule has 0 radical (unpaired) electrons. The van der Waals surface area contributed by atoms with Crippen molar-refractivity contribution in [3.63, 3.8) is 0 Å². The van der Waals surface area contributed by atoms with Crippen molar-refractivity contribution in [3.05, 3.63) is 29.8 Å². The molecule has 0 aliphatic rings. The van der Waals surface area contributed by atoms with Crippen molar-refractivity contribution in [2.45, 2.75) is 58.5 Å². The van der Waals surface area contributed by atoms with Gasteiger partial charge in [0.15, 0.2) is 0 Å². The number of ether oxygens (including phenoxy) is 1. The second-order valence-electron chi connectivity index (χ2n) is 5.22. The molecule has 1 unspecified atom stereocenters. The lowest BCUT2D eigenvalue weighted by Crippen LogP contribution is -2.36. The summed E-state index contributed by atoms with van der Waals surface area (Å²) in [6.07, 6.45) is 4.87. The van der Waals surface area contributed by atoms with Crippen LogP contribution in [0, 0.1) is 0 Å². The highest BCUT2D eigenvalue weighted by Gasteiger charge is 2.10. The summed E-state index contributed by atoms with van der Waals surface area (Å²) in [5.41, 5.74) is 1.35. The smallest absolute Gasteiger partial charge is 0.119 e. The van der Waals surface area contributed by atoms with Crippen molar-refractivity contribution < 1.29 is 4.74 Å². The van der Waals surface area contributed by atoms with Gasteiger partial charge in [0.05, 0.1) is 7.11 Å². The Kier molecular flexibility index (Phi) is 6.81. The van der Waals surface area contributed by atoms with Crippen LogP contribution in [0.4, 0.5) is 0 Å². The zero-order valence-electron chi connectivity index (χ0n) is 12.2. The summed E-state index contributed by atoms with van der Waals surface area (Å²) in [4.78, 5) is 0. The minimum atomic E-state index is 0.539. The van der Waals surface area contributed by atoms with Crippen LogP contribution in [0.25, 0.3) is 0 Å². The molecule has 0 aliphatic heterocycles. The maximum absolute atomic E-state index is 5.28. The summed E-state index contributed by atoms with van der Waals surface area (Å²) in [5.74, 6) is 0.950. The largest absolute Gasteiger partial charge is 0.497 e. The van der Waals surface area contributed by atoms with Crippen molar-refractivity contribution >= 4 is 0 Å². The van der Waals surface area contributed by atoms with Crippen LogP contribution in [0.15, 0.2) is 24.3 Å². The van der Waals surface area contributed by atoms with Crippen LogP contribution in [-0.2, 0) is 6.42 Å². The highest BCUT2D eigenvalue weighted by Crippen LogP contribution is 2.16. The molecule has 0 amide bonds. The fourth-order valence-corrected chi connectivity index (χ4v) is 2.25. The van der Waals surface area contributed by atoms with E-state index in [1.54, 1.807) is 7.11 Å². The molecule has 1 aromatic rings. The van der Waals surface area contributed by atoms with Gasteiger partial charge >= 0.3 is 0 Å². The Bertz CT molecular complexity index is 336. The van der Waals surface area contributed by atoms with E-state index in [1.165, 1.54) is 24.8 Å². The first-order valence-corrected chi connectivity index (χ1v) is 7.04. The molecule has 2 nitrogen and oxygen atoms in total. The van der Waals surface area contributed by atoms with Gasteiger partial charge in [0.25, 0.3) is 0 Å². The first kappa shape index (κ1) is 15.0. The Hall–Kier alpha value is -1.02. The van der Waals surface area contributed by atoms with Gasteiger partial charge in [-0.2, -0.15) is 0 Å². The van der Waals surface area contributed by atoms with Crippen LogP contribution in [0.5, 0.6) is 5.75 Å². The molecule has 0 spiro atoms. The zero-order chi connectivity index (χ0) is 13.4. The molecule has 1 rings (SSSR count). The van der Waals surface area contributed by atoms with Crippen molar-refractivity contribution in [1.82, 2.24) is 5.32 Å². The van der Waals surface area contributed by atoms with Gasteiger partial charge < -0.3 is 10.1 Å². The van der Waals surface area contributed by atoms with Gasteiger partial charge in [-0.05, 0) is 30.5 Å². The third-order valence-corrected chi connectivity index (χ3v) is 3.09. The SMILES string of the molecule is CCCCC(Cc1cccc(OC)c1)NC(C)C. The van der Waals surface area contributed by atoms with Gasteiger partial charge in [-0.25, -0.2) is 0 Å². The summed E-state index contributed by atoms with van der Waals surface area (Å²) in [6.45, 7) is 6.67. The molecule has 0 aromatic heterocycles. The Labute approximate surface area is 112 Å². The highest BCUT2D eigenvalue weighted by molar-refractivity contribution is 5.28. The molecular weight excluding hydrogens is 222 g/mol. The number of methoxy groups -OCH3 is 1. The van der Waals surface area contributed by atoms with Gasteiger partial charge in [-0.15, -0.1) is 0 Å². The molecule has 2 heteroatoms. The lowest BCUT2D eigenvalue weighted by atomic mass is 10.00. The van der Waals surface area contributed by atoms with Gasteiger partial charge in [-0.3, -0.25) is 0 Å². The minimum Gasteiger partial charge on any atom is -0.497 e. The van der Waals surface area contributed by atoms with E-state index in [-0.39, 0.29) is 0 Å². The number of nitrogens with one attached hydrogen (secondary N) is 1. The van der Waals surface area contributed by atoms with E-state index in [9.17, 15) is 0 Å². The monoisotopic (exact) mass is 249 g/mol. The first-order valence-electron chi connectivity index (χ1n) is 7.04. The average molecular weight is 249 g/mol. The summed E-state index contributed by atoms with van der Waals surface area (Å²) in [7, 11) is 1.72. The standard InChI is InChI=1S/C16H27NO/c1-5-6-9-15(17-13(2)3)11-14-8-7-10-16(12-14)18-4/h7-8,10,12-13,15,17H,5-6,9,11H2,1-4H3. The molecule has 0 saturated carbocycles. The topological polar surface area (TPSA) is 21.3 Å². The van der Waals surface area contributed by atoms with Crippen molar-refractivity contribution in [2.75, 3.05) is 7.11 Å². The lowest BCUT2D eigenvalue weighted by Gasteiger charge is -2.21. The predicted molar refractivity (Wildman–Crippen MR) is 78.3 cm³/mol. The number of benzene rings is 1. The molecule has 1 atom stereocenters. The first-order chi connectivity index (χ1) is 8.65. The van der Waals surface area contributed by atoms with Crippen LogP contribution in [0.2, 0.25) is 0 Å². The summed E-state index contributed by atoms with van der Waals surface area (Å²) in [6, 6.07) is 9.50. The molecule has 0 saturated heterocycles. The second kappa shape index (κ2) is 8.15. The fraction of sp³-hybridized carbons (Fsp3) is 0.625. The Morgan fingerprint density at radius 1 is 1.28 bits per heavy atom. The Morgan fingerprint density at radius 2 is 2.06 bits per heavy atom. The Balaban J connectivity index is 2.62. The molecule has 102 valence electrons. The van der Waals surface area contributed by atoms with Crippen LogP contribution in [0.1, 0.15) is 45.6 Å². The molecule has 1 N–H and O–H groups in total. The number of hydrogen-bond acceptors (Lipinski definition) is 2. The third kappa shape index (κ3) is 5.54. The third-order valence-electron chi connectivity index (χ3n) is 3.09. The van der Waals surface area contributed by atoms with Gasteiger partial charge in [-0.1, -0.05) is 45.7 Å². The van der Waals surface area contributed by atoms with Crippen LogP contribution < -0.4 is 10.1 Å². The molecule has 1 aromatic carbocycles. The molecule has 0 fully saturated rings. The van der Waals surface area contributed by atoms with E-state index >= 15 is 0 Å². The number of rotatable bonds is 8. The van der Waals surface area contributed by atoms with Gasteiger partial charge in [0.1, 0.15) is 5.75 Å². The Morgan fingerprint density at radius 3 is 2.67 bits per heavy atom. The van der Waals surface area contributed by atoms with E-state index in [0.717, 1.165) is 12.2 Å². The van der Waals surface area contributed by atoms with E-state index in [2.05, 4.69) is 44.3 Å². The molecule has 18 heavy (non-hydrogen) atoms. The van der Waals surface area contributed by atoms with E-state index in [1.807, 2.05) is 6.07 Å². The van der Waals surface area contributed by atoms with Crippen LogP contribution in [-0.4, -0.2) is 19.2 Å². The quantitative estimate of drug-likeness (QED) is 0.756. The maximum Gasteiger partial charge on any atom is 0.119 e. The van der Waals surface area contributed by atoms with Crippen molar-refractivity contribution in [3.8, 4) is 5.75 Å².